The summed E-state index contributed by atoms with van der Waals surface area (Å²) in [5.41, 5.74) is -0.125. The minimum absolute atomic E-state index is 0.0574. The van der Waals surface area contributed by atoms with Gasteiger partial charge in [-0.3, -0.25) is 4.79 Å². The summed E-state index contributed by atoms with van der Waals surface area (Å²) < 4.78 is 65.7. The molecule has 0 N–H and O–H groups in total. The van der Waals surface area contributed by atoms with Gasteiger partial charge in [-0.2, -0.15) is 17.5 Å². The van der Waals surface area contributed by atoms with E-state index in [-0.39, 0.29) is 22.0 Å². The molecule has 1 heterocycles. The number of nitrogens with zero attached hydrogens (tertiary/aromatic N) is 2. The molecule has 1 aliphatic rings. The van der Waals surface area contributed by atoms with Gasteiger partial charge >= 0.3 is 6.18 Å². The number of carbonyl (C=O) groups excluding carboxylic acids is 1. The van der Waals surface area contributed by atoms with Gasteiger partial charge in [0.2, 0.25) is 10.0 Å². The number of benzene rings is 1. The molecule has 5 nitrogen and oxygen atoms in total. The van der Waals surface area contributed by atoms with E-state index in [9.17, 15) is 26.4 Å². The average molecular weight is 441 g/mol. The number of sulfonamides is 1. The molecule has 0 unspecified atom stereocenters. The summed E-state index contributed by atoms with van der Waals surface area (Å²) in [5.74, 6) is -0.863. The van der Waals surface area contributed by atoms with Gasteiger partial charge in [-0.15, -0.1) is 0 Å². The van der Waals surface area contributed by atoms with Crippen LogP contribution in [0.5, 0.6) is 0 Å². The van der Waals surface area contributed by atoms with Crippen molar-refractivity contribution in [2.24, 2.45) is 0 Å². The van der Waals surface area contributed by atoms with Crippen molar-refractivity contribution in [3.8, 4) is 0 Å². The van der Waals surface area contributed by atoms with E-state index in [1.807, 2.05) is 6.92 Å². The average Bonchev–Trinajstić information content (AvgIpc) is 2.64. The third-order valence-corrected chi connectivity index (χ3v) is 6.93. The molecule has 1 aliphatic heterocycles. The smallest absolute Gasteiger partial charge is 0.330 e. The van der Waals surface area contributed by atoms with Crippen LogP contribution in [0.2, 0.25) is 5.02 Å². The van der Waals surface area contributed by atoms with Gasteiger partial charge in [0.25, 0.3) is 5.91 Å². The first-order valence-electron chi connectivity index (χ1n) is 9.22. The van der Waals surface area contributed by atoms with Crippen LogP contribution in [0.4, 0.5) is 13.2 Å². The highest BCUT2D eigenvalue weighted by Gasteiger charge is 2.34. The Labute approximate surface area is 168 Å². The summed E-state index contributed by atoms with van der Waals surface area (Å²) in [6, 6.07) is 3.59. The molecular formula is C18H24ClF3N2O3S. The Kier molecular flexibility index (Phi) is 7.75. The van der Waals surface area contributed by atoms with Crippen molar-refractivity contribution in [2.45, 2.75) is 50.1 Å². The maximum atomic E-state index is 12.9. The third kappa shape index (κ3) is 5.84. The summed E-state index contributed by atoms with van der Waals surface area (Å²) in [5, 5.41) is -0.0574. The number of unbranched alkanes of at least 4 members (excludes halogenated alkanes) is 1. The van der Waals surface area contributed by atoms with Gasteiger partial charge in [-0.1, -0.05) is 31.4 Å². The lowest BCUT2D eigenvalue weighted by molar-refractivity contribution is -0.140. The quantitative estimate of drug-likeness (QED) is 0.634. The number of amides is 1. The first kappa shape index (κ1) is 23.0. The number of hydrogen-bond acceptors (Lipinski definition) is 3. The SMILES string of the molecule is CCCCN(CC(F)(F)F)C(=O)c1ccc(Cl)c(S(=O)(=O)N2CCCCC2)c1. The van der Waals surface area contributed by atoms with E-state index in [1.54, 1.807) is 0 Å². The molecule has 1 saturated heterocycles. The Morgan fingerprint density at radius 1 is 1.21 bits per heavy atom. The molecule has 10 heteroatoms. The molecular weight excluding hydrogens is 417 g/mol. The predicted octanol–water partition coefficient (Wildman–Crippen LogP) is 4.32. The van der Waals surface area contributed by atoms with E-state index in [0.717, 1.165) is 25.3 Å². The van der Waals surface area contributed by atoms with Crippen LogP contribution in [0.1, 0.15) is 49.4 Å². The first-order valence-corrected chi connectivity index (χ1v) is 11.0. The summed E-state index contributed by atoms with van der Waals surface area (Å²) in [6.45, 7) is 1.07. The third-order valence-electron chi connectivity index (χ3n) is 4.55. The van der Waals surface area contributed by atoms with Gasteiger partial charge in [0.15, 0.2) is 0 Å². The van der Waals surface area contributed by atoms with Crippen LogP contribution in [0.3, 0.4) is 0 Å². The zero-order valence-electron chi connectivity index (χ0n) is 15.6. The van der Waals surface area contributed by atoms with E-state index in [4.69, 9.17) is 11.6 Å². The molecule has 0 aromatic heterocycles. The van der Waals surface area contributed by atoms with Crippen LogP contribution < -0.4 is 0 Å². The normalized spacial score (nSPS) is 16.2. The summed E-state index contributed by atoms with van der Waals surface area (Å²) >= 11 is 6.06. The van der Waals surface area contributed by atoms with E-state index in [1.165, 1.54) is 16.4 Å². The maximum absolute atomic E-state index is 12.9. The fourth-order valence-electron chi connectivity index (χ4n) is 3.08. The molecule has 1 amide bonds. The molecule has 0 bridgehead atoms. The largest absolute Gasteiger partial charge is 0.406 e. The Bertz CT molecular complexity index is 794. The van der Waals surface area contributed by atoms with Gasteiger partial charge in [-0.05, 0) is 37.5 Å². The summed E-state index contributed by atoms with van der Waals surface area (Å²) in [6.07, 6.45) is -1.12. The van der Waals surface area contributed by atoms with Gasteiger partial charge in [0, 0.05) is 25.2 Å². The van der Waals surface area contributed by atoms with E-state index < -0.39 is 28.7 Å². The first-order chi connectivity index (χ1) is 13.1. The second kappa shape index (κ2) is 9.45. The maximum Gasteiger partial charge on any atom is 0.406 e. The van der Waals surface area contributed by atoms with Crippen molar-refractivity contribution in [1.82, 2.24) is 9.21 Å². The standard InChI is InChI=1S/C18H24ClF3N2O3S/c1-2-3-9-23(13-18(20,21)22)17(25)14-7-8-15(19)16(12-14)28(26,27)24-10-5-4-6-11-24/h7-8,12H,2-6,9-11,13H2,1H3. The van der Waals surface area contributed by atoms with Crippen LogP contribution in [0, 0.1) is 0 Å². The predicted molar refractivity (Wildman–Crippen MR) is 101 cm³/mol. The van der Waals surface area contributed by atoms with Gasteiger partial charge in [-0.25, -0.2) is 8.42 Å². The van der Waals surface area contributed by atoms with Crippen molar-refractivity contribution in [3.63, 3.8) is 0 Å². The molecule has 0 spiro atoms. The Morgan fingerprint density at radius 3 is 2.43 bits per heavy atom. The minimum Gasteiger partial charge on any atom is -0.330 e. The molecule has 0 saturated carbocycles. The molecule has 0 aliphatic carbocycles. The fourth-order valence-corrected chi connectivity index (χ4v) is 5.10. The second-order valence-corrected chi connectivity index (χ2v) is 9.12. The highest BCUT2D eigenvalue weighted by Crippen LogP contribution is 2.29. The van der Waals surface area contributed by atoms with Gasteiger partial charge in [0.05, 0.1) is 5.02 Å². The topological polar surface area (TPSA) is 57.7 Å². The molecule has 28 heavy (non-hydrogen) atoms. The van der Waals surface area contributed by atoms with Crippen molar-refractivity contribution >= 4 is 27.5 Å². The Morgan fingerprint density at radius 2 is 1.86 bits per heavy atom. The highest BCUT2D eigenvalue weighted by molar-refractivity contribution is 7.89. The zero-order chi connectivity index (χ0) is 20.9. The lowest BCUT2D eigenvalue weighted by Gasteiger charge is -2.27. The van der Waals surface area contributed by atoms with E-state index >= 15 is 0 Å². The molecule has 1 aromatic carbocycles. The number of alkyl halides is 3. The second-order valence-electron chi connectivity index (χ2n) is 6.81. The van der Waals surface area contributed by atoms with Crippen molar-refractivity contribution in [1.29, 1.82) is 0 Å². The number of rotatable bonds is 7. The van der Waals surface area contributed by atoms with Crippen molar-refractivity contribution in [3.05, 3.63) is 28.8 Å². The number of hydrogen-bond donors (Lipinski definition) is 0. The molecule has 0 radical (unpaired) electrons. The van der Waals surface area contributed by atoms with Gasteiger partial charge < -0.3 is 4.90 Å². The van der Waals surface area contributed by atoms with E-state index in [2.05, 4.69) is 0 Å². The zero-order valence-corrected chi connectivity index (χ0v) is 17.2. The summed E-state index contributed by atoms with van der Waals surface area (Å²) in [4.78, 5) is 13.1. The number of carbonyl (C=O) groups is 1. The molecule has 2 rings (SSSR count). The monoisotopic (exact) mass is 440 g/mol. The van der Waals surface area contributed by atoms with Crippen LogP contribution in [0.15, 0.2) is 23.1 Å². The van der Waals surface area contributed by atoms with E-state index in [0.29, 0.717) is 30.8 Å². The van der Waals surface area contributed by atoms with Gasteiger partial charge in [0.1, 0.15) is 11.4 Å². The van der Waals surface area contributed by atoms with Crippen molar-refractivity contribution < 1.29 is 26.4 Å². The number of halogens is 4. The highest BCUT2D eigenvalue weighted by atomic mass is 35.5. The molecule has 1 fully saturated rings. The Hall–Kier alpha value is -1.32. The van der Waals surface area contributed by atoms with Crippen LogP contribution in [0.25, 0.3) is 0 Å². The molecule has 0 atom stereocenters. The van der Waals surface area contributed by atoms with Crippen LogP contribution in [-0.2, 0) is 10.0 Å². The minimum atomic E-state index is -4.54. The molecule has 158 valence electrons. The summed E-state index contributed by atoms with van der Waals surface area (Å²) in [7, 11) is -3.92. The van der Waals surface area contributed by atoms with Crippen molar-refractivity contribution in [2.75, 3.05) is 26.2 Å². The lowest BCUT2D eigenvalue weighted by atomic mass is 10.2. The Balaban J connectivity index is 2.35. The van der Waals surface area contributed by atoms with Crippen LogP contribution >= 0.6 is 11.6 Å². The number of piperidine rings is 1. The molecule has 1 aromatic rings. The fraction of sp³-hybridized carbons (Fsp3) is 0.611. The van der Waals surface area contributed by atoms with Crippen LogP contribution in [-0.4, -0.2) is 55.9 Å². The lowest BCUT2D eigenvalue weighted by Crippen LogP contribution is -2.40.